The molecule has 0 radical (unpaired) electrons. The molecular formula is C34H32F3N5O4. The molecule has 0 amide bonds. The molecule has 0 aliphatic carbocycles. The maximum atomic E-state index is 16.8. The molecule has 9 nitrogen and oxygen atoms in total. The molecular weight excluding hydrogens is 599 g/mol. The SMILES string of the molecule is C#Cc1c(F)ccc2cc(O)cc(-c3nc4c5c(nc(OC[C@@]67CCCN6C[C@H](F)C7)nc5c3F)N[C@@H]([C@H]3CCCCO3)CO4)c12. The lowest BCUT2D eigenvalue weighted by atomic mass is 9.95. The highest BCUT2D eigenvalue weighted by Crippen LogP contribution is 2.44. The first kappa shape index (κ1) is 29.1. The summed E-state index contributed by atoms with van der Waals surface area (Å²) in [6.07, 6.45) is 9.42. The van der Waals surface area contributed by atoms with Gasteiger partial charge in [0.2, 0.25) is 5.88 Å². The summed E-state index contributed by atoms with van der Waals surface area (Å²) in [4.78, 5) is 15.9. The summed E-state index contributed by atoms with van der Waals surface area (Å²) in [7, 11) is 0. The molecule has 2 N–H and O–H groups in total. The van der Waals surface area contributed by atoms with Crippen LogP contribution in [0.2, 0.25) is 0 Å². The number of terminal acetylenes is 1. The van der Waals surface area contributed by atoms with E-state index in [4.69, 9.17) is 20.6 Å². The number of aromatic hydroxyl groups is 1. The Balaban J connectivity index is 1.29. The summed E-state index contributed by atoms with van der Waals surface area (Å²) in [5.74, 6) is 0.993. The number of rotatable bonds is 5. The molecule has 3 fully saturated rings. The van der Waals surface area contributed by atoms with E-state index in [2.05, 4.69) is 31.1 Å². The maximum Gasteiger partial charge on any atom is 0.319 e. The molecule has 0 unspecified atom stereocenters. The van der Waals surface area contributed by atoms with Crippen LogP contribution in [0.25, 0.3) is 32.9 Å². The van der Waals surface area contributed by atoms with Gasteiger partial charge in [-0.2, -0.15) is 9.97 Å². The molecule has 4 aromatic rings. The highest BCUT2D eigenvalue weighted by atomic mass is 19.1. The van der Waals surface area contributed by atoms with Crippen LogP contribution in [0.3, 0.4) is 0 Å². The molecule has 0 spiro atoms. The van der Waals surface area contributed by atoms with Crippen molar-refractivity contribution in [2.45, 2.75) is 62.4 Å². The van der Waals surface area contributed by atoms with Gasteiger partial charge in [0.25, 0.3) is 0 Å². The number of benzene rings is 2. The van der Waals surface area contributed by atoms with E-state index >= 15 is 4.39 Å². The number of hydrogen-bond acceptors (Lipinski definition) is 9. The number of nitrogens with one attached hydrogen (secondary N) is 1. The number of fused-ring (bicyclic) bond motifs is 2. The van der Waals surface area contributed by atoms with Crippen LogP contribution in [0.1, 0.15) is 44.1 Å². The number of phenols is 1. The van der Waals surface area contributed by atoms with Crippen LogP contribution in [-0.4, -0.2) is 81.7 Å². The van der Waals surface area contributed by atoms with Crippen LogP contribution in [0.4, 0.5) is 19.0 Å². The predicted molar refractivity (Wildman–Crippen MR) is 165 cm³/mol. The van der Waals surface area contributed by atoms with Gasteiger partial charge in [0, 0.05) is 30.5 Å². The van der Waals surface area contributed by atoms with Gasteiger partial charge in [-0.25, -0.2) is 18.2 Å². The number of hydrogen-bond donors (Lipinski definition) is 2. The highest BCUT2D eigenvalue weighted by molar-refractivity contribution is 6.04. The lowest BCUT2D eigenvalue weighted by Gasteiger charge is -2.31. The summed E-state index contributed by atoms with van der Waals surface area (Å²) in [6.45, 7) is 2.07. The molecule has 6 heterocycles. The normalized spacial score (nSPS) is 25.9. The molecule has 46 heavy (non-hydrogen) atoms. The summed E-state index contributed by atoms with van der Waals surface area (Å²) >= 11 is 0. The number of pyridine rings is 1. The van der Waals surface area contributed by atoms with Crippen LogP contribution in [0.5, 0.6) is 17.6 Å². The fourth-order valence-electron chi connectivity index (χ4n) is 7.64. The molecule has 2 aromatic carbocycles. The third-order valence-electron chi connectivity index (χ3n) is 9.80. The van der Waals surface area contributed by atoms with Gasteiger partial charge >= 0.3 is 6.01 Å². The largest absolute Gasteiger partial charge is 0.508 e. The fraction of sp³-hybridized carbons (Fsp3) is 0.441. The Morgan fingerprint density at radius 1 is 1.15 bits per heavy atom. The summed E-state index contributed by atoms with van der Waals surface area (Å²) in [5, 5.41) is 14.8. The zero-order chi connectivity index (χ0) is 31.6. The molecule has 238 valence electrons. The van der Waals surface area contributed by atoms with E-state index in [1.807, 2.05) is 0 Å². The molecule has 0 bridgehead atoms. The van der Waals surface area contributed by atoms with E-state index in [1.54, 1.807) is 0 Å². The molecule has 4 aliphatic rings. The van der Waals surface area contributed by atoms with E-state index < -0.39 is 23.3 Å². The lowest BCUT2D eigenvalue weighted by molar-refractivity contribution is -0.00343. The van der Waals surface area contributed by atoms with Crippen LogP contribution < -0.4 is 14.8 Å². The Hall–Kier alpha value is -4.34. The number of phenolic OH excluding ortho intramolecular Hbond substituents is 1. The second kappa shape index (κ2) is 11.2. The first-order chi connectivity index (χ1) is 22.3. The summed E-state index contributed by atoms with van der Waals surface area (Å²) in [5.41, 5.74) is -0.848. The topological polar surface area (TPSA) is 102 Å². The standard InChI is InChI=1S/C34H32F3N5O4/c1-2-21-23(36)8-7-18-12-20(43)13-22(26(18)21)29-28(37)30-27-31(38-24(16-45-32(27)39-29)25-6-3-4-11-44-25)41-33(40-30)46-17-34-9-5-10-42(34)15-19(35)14-34/h1,7-8,12-13,19,24-25,43H,3-6,9-11,14-17H2,(H,38,40,41)/t19-,24-,25-,34+/m1/s1. The van der Waals surface area contributed by atoms with Crippen LogP contribution >= 0.6 is 0 Å². The Bertz CT molecular complexity index is 1910. The first-order valence-electron chi connectivity index (χ1n) is 15.7. The predicted octanol–water partition coefficient (Wildman–Crippen LogP) is 5.51. The lowest BCUT2D eigenvalue weighted by Crippen LogP contribution is -2.43. The Kier molecular flexibility index (Phi) is 7.06. The maximum absolute atomic E-state index is 16.8. The van der Waals surface area contributed by atoms with E-state index in [0.717, 1.165) is 38.6 Å². The number of ether oxygens (including phenoxy) is 3. The Morgan fingerprint density at radius 2 is 2.04 bits per heavy atom. The van der Waals surface area contributed by atoms with Crippen molar-refractivity contribution in [2.24, 2.45) is 0 Å². The van der Waals surface area contributed by atoms with Crippen LogP contribution in [0.15, 0.2) is 24.3 Å². The monoisotopic (exact) mass is 631 g/mol. The smallest absolute Gasteiger partial charge is 0.319 e. The highest BCUT2D eigenvalue weighted by Gasteiger charge is 2.49. The van der Waals surface area contributed by atoms with Crippen molar-refractivity contribution in [1.29, 1.82) is 0 Å². The molecule has 12 heteroatoms. The second-order valence-corrected chi connectivity index (χ2v) is 12.6. The van der Waals surface area contributed by atoms with Gasteiger partial charge in [0.05, 0.1) is 23.2 Å². The number of aromatic nitrogens is 3. The molecule has 2 aromatic heterocycles. The van der Waals surface area contributed by atoms with Crippen molar-refractivity contribution < 1.29 is 32.5 Å². The van der Waals surface area contributed by atoms with Crippen LogP contribution in [0, 0.1) is 24.0 Å². The van der Waals surface area contributed by atoms with Gasteiger partial charge in [-0.05, 0) is 62.2 Å². The zero-order valence-corrected chi connectivity index (χ0v) is 25.0. The zero-order valence-electron chi connectivity index (χ0n) is 25.0. The molecule has 4 atom stereocenters. The minimum absolute atomic E-state index is 0.0607. The van der Waals surface area contributed by atoms with E-state index in [9.17, 15) is 13.9 Å². The Morgan fingerprint density at radius 3 is 2.87 bits per heavy atom. The van der Waals surface area contributed by atoms with Gasteiger partial charge in [0.15, 0.2) is 5.82 Å². The number of alkyl halides is 1. The average molecular weight is 632 g/mol. The van der Waals surface area contributed by atoms with Crippen molar-refractivity contribution in [1.82, 2.24) is 19.9 Å². The van der Waals surface area contributed by atoms with Gasteiger partial charge < -0.3 is 24.6 Å². The molecule has 3 saturated heterocycles. The number of halogens is 3. The van der Waals surface area contributed by atoms with Crippen molar-refractivity contribution >= 4 is 27.5 Å². The number of anilines is 1. The van der Waals surface area contributed by atoms with E-state index in [0.29, 0.717) is 25.0 Å². The third kappa shape index (κ3) is 4.75. The van der Waals surface area contributed by atoms with Gasteiger partial charge in [0.1, 0.15) is 53.4 Å². The minimum atomic E-state index is -0.940. The van der Waals surface area contributed by atoms with Crippen molar-refractivity contribution in [3.63, 3.8) is 0 Å². The first-order valence-corrected chi connectivity index (χ1v) is 15.7. The van der Waals surface area contributed by atoms with E-state index in [1.165, 1.54) is 24.3 Å². The van der Waals surface area contributed by atoms with Crippen molar-refractivity contribution in [3.8, 4) is 41.2 Å². The minimum Gasteiger partial charge on any atom is -0.508 e. The fourth-order valence-corrected chi connectivity index (χ4v) is 7.64. The van der Waals surface area contributed by atoms with Crippen molar-refractivity contribution in [3.05, 3.63) is 41.5 Å². The third-order valence-corrected chi connectivity index (χ3v) is 9.80. The summed E-state index contributed by atoms with van der Waals surface area (Å²) in [6, 6.07) is 4.96. The Labute approximate surface area is 263 Å². The van der Waals surface area contributed by atoms with Crippen LogP contribution in [-0.2, 0) is 4.74 Å². The number of nitrogens with zero attached hydrogens (tertiary/aromatic N) is 4. The van der Waals surface area contributed by atoms with Gasteiger partial charge in [-0.1, -0.05) is 12.0 Å². The second-order valence-electron chi connectivity index (χ2n) is 12.6. The van der Waals surface area contributed by atoms with E-state index in [-0.39, 0.29) is 81.9 Å². The quantitative estimate of drug-likeness (QED) is 0.276. The molecule has 8 rings (SSSR count). The van der Waals surface area contributed by atoms with Gasteiger partial charge in [-0.15, -0.1) is 6.42 Å². The molecule has 0 saturated carbocycles. The molecule has 4 aliphatic heterocycles. The summed E-state index contributed by atoms with van der Waals surface area (Å²) < 4.78 is 64.6. The van der Waals surface area contributed by atoms with Gasteiger partial charge in [-0.3, -0.25) is 4.90 Å². The van der Waals surface area contributed by atoms with Crippen molar-refractivity contribution in [2.75, 3.05) is 38.2 Å². The average Bonchev–Trinajstić information content (AvgIpc) is 3.51.